The third-order valence-corrected chi connectivity index (χ3v) is 4.06. The molecule has 1 aliphatic heterocycles. The monoisotopic (exact) mass is 239 g/mol. The zero-order chi connectivity index (χ0) is 11.5. The highest BCUT2D eigenvalue weighted by Gasteiger charge is 2.33. The fourth-order valence-corrected chi connectivity index (χ4v) is 2.93. The van der Waals surface area contributed by atoms with E-state index in [1.165, 1.54) is 0 Å². The first kappa shape index (κ1) is 11.6. The fourth-order valence-electron chi connectivity index (χ4n) is 2.27. The largest absolute Gasteiger partial charge is 0.394 e. The molecule has 1 aromatic rings. The van der Waals surface area contributed by atoms with Gasteiger partial charge in [-0.3, -0.25) is 4.79 Å². The highest BCUT2D eigenvalue weighted by Crippen LogP contribution is 2.24. The van der Waals surface area contributed by atoms with E-state index in [-0.39, 0.29) is 18.6 Å². The molecule has 1 aliphatic rings. The van der Waals surface area contributed by atoms with Crippen LogP contribution in [-0.4, -0.2) is 35.1 Å². The second-order valence-corrected chi connectivity index (χ2v) is 5.19. The molecule has 0 bridgehead atoms. The standard InChI is InChI=1S/C12H17NO2S/c1-9-2-4-13(11(9)7-14)12(15)6-10-3-5-16-8-10/h3,5,8-9,11,14H,2,4,6-7H2,1H3. The van der Waals surface area contributed by atoms with Crippen molar-refractivity contribution in [2.24, 2.45) is 5.92 Å². The lowest BCUT2D eigenvalue weighted by Crippen LogP contribution is -2.40. The van der Waals surface area contributed by atoms with Crippen molar-refractivity contribution < 1.29 is 9.90 Å². The normalized spacial score (nSPS) is 25.0. The molecule has 1 aromatic heterocycles. The maximum absolute atomic E-state index is 12.0. The molecule has 1 fully saturated rings. The van der Waals surface area contributed by atoms with Crippen molar-refractivity contribution in [2.75, 3.05) is 13.2 Å². The van der Waals surface area contributed by atoms with E-state index in [1.54, 1.807) is 11.3 Å². The Labute approximate surface area is 99.7 Å². The molecule has 0 spiro atoms. The molecule has 1 saturated heterocycles. The number of hydrogen-bond donors (Lipinski definition) is 1. The van der Waals surface area contributed by atoms with Gasteiger partial charge in [0.25, 0.3) is 0 Å². The molecule has 88 valence electrons. The number of aliphatic hydroxyl groups is 1. The molecule has 1 N–H and O–H groups in total. The fraction of sp³-hybridized carbons (Fsp3) is 0.583. The molecule has 1 amide bonds. The zero-order valence-corrected chi connectivity index (χ0v) is 10.2. The Morgan fingerprint density at radius 3 is 3.12 bits per heavy atom. The summed E-state index contributed by atoms with van der Waals surface area (Å²) in [4.78, 5) is 13.9. The van der Waals surface area contributed by atoms with Crippen molar-refractivity contribution in [3.05, 3.63) is 22.4 Å². The summed E-state index contributed by atoms with van der Waals surface area (Å²) >= 11 is 1.61. The molecule has 0 aromatic carbocycles. The quantitative estimate of drug-likeness (QED) is 0.869. The summed E-state index contributed by atoms with van der Waals surface area (Å²) in [6.45, 7) is 2.96. The van der Waals surface area contributed by atoms with Gasteiger partial charge in [-0.25, -0.2) is 0 Å². The molecule has 0 aliphatic carbocycles. The Morgan fingerprint density at radius 1 is 1.69 bits per heavy atom. The second kappa shape index (κ2) is 4.97. The van der Waals surface area contributed by atoms with Crippen molar-refractivity contribution in [1.82, 2.24) is 4.90 Å². The van der Waals surface area contributed by atoms with Crippen LogP contribution in [0.15, 0.2) is 16.8 Å². The van der Waals surface area contributed by atoms with Gasteiger partial charge in [-0.2, -0.15) is 11.3 Å². The van der Waals surface area contributed by atoms with Crippen molar-refractivity contribution in [3.8, 4) is 0 Å². The summed E-state index contributed by atoms with van der Waals surface area (Å²) in [7, 11) is 0. The highest BCUT2D eigenvalue weighted by molar-refractivity contribution is 7.07. The Bertz CT molecular complexity index is 350. The topological polar surface area (TPSA) is 40.5 Å². The van der Waals surface area contributed by atoms with Crippen molar-refractivity contribution >= 4 is 17.2 Å². The smallest absolute Gasteiger partial charge is 0.227 e. The van der Waals surface area contributed by atoms with Gasteiger partial charge in [0.1, 0.15) is 0 Å². The van der Waals surface area contributed by atoms with Gasteiger partial charge in [-0.1, -0.05) is 6.92 Å². The van der Waals surface area contributed by atoms with Gasteiger partial charge in [0.2, 0.25) is 5.91 Å². The number of carbonyl (C=O) groups excluding carboxylic acids is 1. The van der Waals surface area contributed by atoms with Gasteiger partial charge >= 0.3 is 0 Å². The number of hydrogen-bond acceptors (Lipinski definition) is 3. The van der Waals surface area contributed by atoms with Gasteiger partial charge in [-0.05, 0) is 34.7 Å². The average Bonchev–Trinajstić information content (AvgIpc) is 2.87. The predicted molar refractivity (Wildman–Crippen MR) is 64.4 cm³/mol. The number of nitrogens with zero attached hydrogens (tertiary/aromatic N) is 1. The van der Waals surface area contributed by atoms with E-state index >= 15 is 0 Å². The van der Waals surface area contributed by atoms with Crippen molar-refractivity contribution in [1.29, 1.82) is 0 Å². The van der Waals surface area contributed by atoms with Gasteiger partial charge in [0.05, 0.1) is 19.1 Å². The van der Waals surface area contributed by atoms with Gasteiger partial charge in [0, 0.05) is 6.54 Å². The molecular formula is C12H17NO2S. The van der Waals surface area contributed by atoms with E-state index in [4.69, 9.17) is 0 Å². The van der Waals surface area contributed by atoms with E-state index in [0.29, 0.717) is 12.3 Å². The van der Waals surface area contributed by atoms with E-state index < -0.39 is 0 Å². The summed E-state index contributed by atoms with van der Waals surface area (Å²) in [6, 6.07) is 2.00. The lowest BCUT2D eigenvalue weighted by molar-refractivity contribution is -0.132. The Kier molecular flexibility index (Phi) is 3.61. The van der Waals surface area contributed by atoms with Crippen LogP contribution in [0.5, 0.6) is 0 Å². The predicted octanol–water partition coefficient (Wildman–Crippen LogP) is 1.52. The first-order chi connectivity index (χ1) is 7.72. The number of aliphatic hydroxyl groups excluding tert-OH is 1. The molecule has 3 nitrogen and oxygen atoms in total. The summed E-state index contributed by atoms with van der Waals surface area (Å²) in [5.74, 6) is 0.554. The van der Waals surface area contributed by atoms with E-state index in [2.05, 4.69) is 6.92 Å². The minimum Gasteiger partial charge on any atom is -0.394 e. The molecule has 2 rings (SSSR count). The first-order valence-electron chi connectivity index (χ1n) is 5.63. The van der Waals surface area contributed by atoms with Crippen LogP contribution in [0.1, 0.15) is 18.9 Å². The molecule has 0 saturated carbocycles. The number of amides is 1. The van der Waals surface area contributed by atoms with Crippen molar-refractivity contribution in [3.63, 3.8) is 0 Å². The van der Waals surface area contributed by atoms with Gasteiger partial charge in [-0.15, -0.1) is 0 Å². The van der Waals surface area contributed by atoms with Crippen LogP contribution in [-0.2, 0) is 11.2 Å². The van der Waals surface area contributed by atoms with E-state index in [0.717, 1.165) is 18.5 Å². The Balaban J connectivity index is 1.99. The Hall–Kier alpha value is -0.870. The van der Waals surface area contributed by atoms with Crippen LogP contribution in [0.2, 0.25) is 0 Å². The molecule has 16 heavy (non-hydrogen) atoms. The highest BCUT2D eigenvalue weighted by atomic mass is 32.1. The number of rotatable bonds is 3. The number of likely N-dealkylation sites (tertiary alicyclic amines) is 1. The van der Waals surface area contributed by atoms with Crippen LogP contribution in [0.3, 0.4) is 0 Å². The molecular weight excluding hydrogens is 222 g/mol. The molecule has 2 heterocycles. The van der Waals surface area contributed by atoms with Crippen LogP contribution in [0.25, 0.3) is 0 Å². The zero-order valence-electron chi connectivity index (χ0n) is 9.43. The molecule has 4 heteroatoms. The Morgan fingerprint density at radius 2 is 2.50 bits per heavy atom. The first-order valence-corrected chi connectivity index (χ1v) is 6.58. The van der Waals surface area contributed by atoms with Crippen LogP contribution >= 0.6 is 11.3 Å². The van der Waals surface area contributed by atoms with Crippen LogP contribution in [0.4, 0.5) is 0 Å². The summed E-state index contributed by atoms with van der Waals surface area (Å²) in [5, 5.41) is 13.3. The molecule has 2 unspecified atom stereocenters. The van der Waals surface area contributed by atoms with Crippen LogP contribution < -0.4 is 0 Å². The lowest BCUT2D eigenvalue weighted by atomic mass is 10.0. The average molecular weight is 239 g/mol. The minimum absolute atomic E-state index is 0.0196. The minimum atomic E-state index is 0.0196. The molecule has 2 atom stereocenters. The summed E-state index contributed by atoms with van der Waals surface area (Å²) in [6.07, 6.45) is 1.47. The molecule has 0 radical (unpaired) electrons. The SMILES string of the molecule is CC1CCN(C(=O)Cc2ccsc2)C1CO. The third kappa shape index (κ3) is 2.28. The van der Waals surface area contributed by atoms with E-state index in [9.17, 15) is 9.90 Å². The van der Waals surface area contributed by atoms with Gasteiger partial charge < -0.3 is 10.0 Å². The maximum atomic E-state index is 12.0. The lowest BCUT2D eigenvalue weighted by Gasteiger charge is -2.25. The summed E-state index contributed by atoms with van der Waals surface area (Å²) in [5.41, 5.74) is 1.08. The van der Waals surface area contributed by atoms with E-state index in [1.807, 2.05) is 21.7 Å². The maximum Gasteiger partial charge on any atom is 0.227 e. The van der Waals surface area contributed by atoms with Gasteiger partial charge in [0.15, 0.2) is 0 Å². The third-order valence-electron chi connectivity index (χ3n) is 3.33. The number of thiophene rings is 1. The summed E-state index contributed by atoms with van der Waals surface area (Å²) < 4.78 is 0. The van der Waals surface area contributed by atoms with Crippen molar-refractivity contribution in [2.45, 2.75) is 25.8 Å². The van der Waals surface area contributed by atoms with Crippen LogP contribution in [0, 0.1) is 5.92 Å². The number of carbonyl (C=O) groups is 1. The second-order valence-electron chi connectivity index (χ2n) is 4.41.